The van der Waals surface area contributed by atoms with Gasteiger partial charge in [0.05, 0.1) is 12.6 Å². The Morgan fingerprint density at radius 3 is 2.22 bits per heavy atom. The summed E-state index contributed by atoms with van der Waals surface area (Å²) in [6.45, 7) is 5.94. The van der Waals surface area contributed by atoms with Crippen molar-refractivity contribution in [1.29, 1.82) is 0 Å². The van der Waals surface area contributed by atoms with E-state index in [0.29, 0.717) is 12.2 Å². The minimum Gasteiger partial charge on any atom is -0.387 e. The third-order valence-electron chi connectivity index (χ3n) is 4.18. The van der Waals surface area contributed by atoms with E-state index < -0.39 is 6.10 Å². The number of nitrogens with one attached hydrogen (secondary N) is 2. The number of aliphatic hydroxyl groups excluding tert-OH is 1. The molecule has 0 saturated carbocycles. The van der Waals surface area contributed by atoms with Crippen molar-refractivity contribution in [3.05, 3.63) is 65.7 Å². The zero-order valence-corrected chi connectivity index (χ0v) is 16.0. The maximum absolute atomic E-state index is 12.7. The Kier molecular flexibility index (Phi) is 7.37. The number of amides is 3. The maximum atomic E-state index is 12.7. The van der Waals surface area contributed by atoms with E-state index in [-0.39, 0.29) is 24.5 Å². The number of benzene rings is 2. The zero-order valence-electron chi connectivity index (χ0n) is 16.0. The Balaban J connectivity index is 1.99. The first-order valence-corrected chi connectivity index (χ1v) is 9.01. The van der Waals surface area contributed by atoms with Crippen LogP contribution in [-0.2, 0) is 11.3 Å². The second kappa shape index (κ2) is 9.73. The molecule has 3 amide bonds. The summed E-state index contributed by atoms with van der Waals surface area (Å²) in [5.74, 6) is -0.0862. The second-order valence-electron chi connectivity index (χ2n) is 6.71. The van der Waals surface area contributed by atoms with Crippen LogP contribution in [0.5, 0.6) is 0 Å². The van der Waals surface area contributed by atoms with Crippen LogP contribution in [0.3, 0.4) is 0 Å². The van der Waals surface area contributed by atoms with Gasteiger partial charge in [-0.3, -0.25) is 4.79 Å². The van der Waals surface area contributed by atoms with Gasteiger partial charge in [-0.05, 0) is 37.1 Å². The molecule has 0 fully saturated rings. The smallest absolute Gasteiger partial charge is 0.322 e. The summed E-state index contributed by atoms with van der Waals surface area (Å²) in [6, 6.07) is 16.2. The van der Waals surface area contributed by atoms with E-state index in [1.54, 1.807) is 17.0 Å². The standard InChI is InChI=1S/C21H27N3O3/c1-15(2)24(14-20(26)18-7-5-4-6-8-18)21(27)23-19-11-9-17(10-12-19)13-22-16(3)25/h4-12,15,20,26H,13-14H2,1-3H3,(H,22,25)(H,23,27). The topological polar surface area (TPSA) is 81.7 Å². The van der Waals surface area contributed by atoms with Crippen LogP contribution in [0.1, 0.15) is 38.0 Å². The molecule has 2 rings (SSSR count). The van der Waals surface area contributed by atoms with Crippen LogP contribution >= 0.6 is 0 Å². The summed E-state index contributed by atoms with van der Waals surface area (Å²) in [5, 5.41) is 16.0. The first-order valence-electron chi connectivity index (χ1n) is 9.01. The molecule has 27 heavy (non-hydrogen) atoms. The summed E-state index contributed by atoms with van der Waals surface area (Å²) in [7, 11) is 0. The van der Waals surface area contributed by atoms with E-state index >= 15 is 0 Å². The van der Waals surface area contributed by atoms with Crippen LogP contribution in [-0.4, -0.2) is 34.5 Å². The van der Waals surface area contributed by atoms with Gasteiger partial charge in [0.2, 0.25) is 5.91 Å². The lowest BCUT2D eigenvalue weighted by molar-refractivity contribution is -0.119. The van der Waals surface area contributed by atoms with E-state index in [9.17, 15) is 14.7 Å². The highest BCUT2D eigenvalue weighted by atomic mass is 16.3. The molecule has 0 aliphatic heterocycles. The zero-order chi connectivity index (χ0) is 19.8. The Labute approximate surface area is 160 Å². The van der Waals surface area contributed by atoms with E-state index in [2.05, 4.69) is 10.6 Å². The molecule has 3 N–H and O–H groups in total. The number of urea groups is 1. The highest BCUT2D eigenvalue weighted by Crippen LogP contribution is 2.17. The molecule has 0 spiro atoms. The molecule has 6 nitrogen and oxygen atoms in total. The van der Waals surface area contributed by atoms with Crippen molar-refractivity contribution in [2.24, 2.45) is 0 Å². The number of aliphatic hydroxyl groups is 1. The minimum atomic E-state index is -0.751. The van der Waals surface area contributed by atoms with Gasteiger partial charge < -0.3 is 20.6 Å². The molecule has 6 heteroatoms. The van der Waals surface area contributed by atoms with Crippen molar-refractivity contribution < 1.29 is 14.7 Å². The van der Waals surface area contributed by atoms with E-state index in [1.165, 1.54) is 6.92 Å². The van der Waals surface area contributed by atoms with E-state index in [0.717, 1.165) is 11.1 Å². The summed E-state index contributed by atoms with van der Waals surface area (Å²) < 4.78 is 0. The summed E-state index contributed by atoms with van der Waals surface area (Å²) in [6.07, 6.45) is -0.751. The number of rotatable bonds is 7. The Hall–Kier alpha value is -2.86. The molecule has 0 bridgehead atoms. The molecule has 1 unspecified atom stereocenters. The molecule has 0 aliphatic rings. The predicted molar refractivity (Wildman–Crippen MR) is 106 cm³/mol. The molecule has 0 heterocycles. The highest BCUT2D eigenvalue weighted by molar-refractivity contribution is 5.89. The average molecular weight is 369 g/mol. The van der Waals surface area contributed by atoms with Crippen molar-refractivity contribution in [3.63, 3.8) is 0 Å². The van der Waals surface area contributed by atoms with Crippen LogP contribution in [0.4, 0.5) is 10.5 Å². The number of carbonyl (C=O) groups is 2. The van der Waals surface area contributed by atoms with Gasteiger partial charge in [-0.15, -0.1) is 0 Å². The van der Waals surface area contributed by atoms with Gasteiger partial charge in [-0.1, -0.05) is 42.5 Å². The van der Waals surface area contributed by atoms with Crippen molar-refractivity contribution >= 4 is 17.6 Å². The molecule has 144 valence electrons. The second-order valence-corrected chi connectivity index (χ2v) is 6.71. The number of anilines is 1. The summed E-state index contributed by atoms with van der Waals surface area (Å²) in [5.41, 5.74) is 2.38. The summed E-state index contributed by atoms with van der Waals surface area (Å²) >= 11 is 0. The molecule has 0 radical (unpaired) electrons. The number of nitrogens with zero attached hydrogens (tertiary/aromatic N) is 1. The first kappa shape index (κ1) is 20.5. The van der Waals surface area contributed by atoms with Crippen LogP contribution < -0.4 is 10.6 Å². The fourth-order valence-electron chi connectivity index (χ4n) is 2.62. The Bertz CT molecular complexity index is 745. The van der Waals surface area contributed by atoms with Gasteiger partial charge in [0.25, 0.3) is 0 Å². The number of hydrogen-bond donors (Lipinski definition) is 3. The Morgan fingerprint density at radius 2 is 1.67 bits per heavy atom. The SMILES string of the molecule is CC(=O)NCc1ccc(NC(=O)N(CC(O)c2ccccc2)C(C)C)cc1. The molecule has 0 aliphatic carbocycles. The van der Waals surface area contributed by atoms with Crippen molar-refractivity contribution in [2.75, 3.05) is 11.9 Å². The monoisotopic (exact) mass is 369 g/mol. The quantitative estimate of drug-likeness (QED) is 0.700. The molecule has 2 aromatic carbocycles. The van der Waals surface area contributed by atoms with Gasteiger partial charge >= 0.3 is 6.03 Å². The van der Waals surface area contributed by atoms with Gasteiger partial charge in [-0.2, -0.15) is 0 Å². The minimum absolute atomic E-state index is 0.0672. The van der Waals surface area contributed by atoms with Crippen molar-refractivity contribution in [1.82, 2.24) is 10.2 Å². The largest absolute Gasteiger partial charge is 0.387 e. The fraction of sp³-hybridized carbons (Fsp3) is 0.333. The van der Waals surface area contributed by atoms with Gasteiger partial charge in [0, 0.05) is 25.2 Å². The van der Waals surface area contributed by atoms with Gasteiger partial charge in [0.1, 0.15) is 0 Å². The highest BCUT2D eigenvalue weighted by Gasteiger charge is 2.21. The van der Waals surface area contributed by atoms with Crippen molar-refractivity contribution in [2.45, 2.75) is 39.5 Å². The molecular weight excluding hydrogens is 342 g/mol. The third-order valence-corrected chi connectivity index (χ3v) is 4.18. The van der Waals surface area contributed by atoms with Crippen LogP contribution in [0.25, 0.3) is 0 Å². The third kappa shape index (κ3) is 6.42. The lowest BCUT2D eigenvalue weighted by Crippen LogP contribution is -2.42. The molecule has 1 atom stereocenters. The maximum Gasteiger partial charge on any atom is 0.322 e. The van der Waals surface area contributed by atoms with Crippen LogP contribution in [0.15, 0.2) is 54.6 Å². The van der Waals surface area contributed by atoms with Crippen LogP contribution in [0.2, 0.25) is 0 Å². The molecule has 2 aromatic rings. The summed E-state index contributed by atoms with van der Waals surface area (Å²) in [4.78, 5) is 25.2. The van der Waals surface area contributed by atoms with Crippen molar-refractivity contribution in [3.8, 4) is 0 Å². The Morgan fingerprint density at radius 1 is 1.04 bits per heavy atom. The normalized spacial score (nSPS) is 11.7. The van der Waals surface area contributed by atoms with E-state index in [1.807, 2.05) is 56.3 Å². The van der Waals surface area contributed by atoms with E-state index in [4.69, 9.17) is 0 Å². The van der Waals surface area contributed by atoms with Gasteiger partial charge in [-0.25, -0.2) is 4.79 Å². The molecular formula is C21H27N3O3. The first-order chi connectivity index (χ1) is 12.9. The van der Waals surface area contributed by atoms with Gasteiger partial charge in [0.15, 0.2) is 0 Å². The van der Waals surface area contributed by atoms with Crippen LogP contribution in [0, 0.1) is 0 Å². The predicted octanol–water partition coefficient (Wildman–Crippen LogP) is 3.30. The molecule has 0 saturated heterocycles. The fourth-order valence-corrected chi connectivity index (χ4v) is 2.62. The lowest BCUT2D eigenvalue weighted by Gasteiger charge is -2.29. The average Bonchev–Trinajstić information content (AvgIpc) is 2.65. The lowest BCUT2D eigenvalue weighted by atomic mass is 10.1. The molecule has 0 aromatic heterocycles. The number of hydrogen-bond acceptors (Lipinski definition) is 3. The number of carbonyl (C=O) groups excluding carboxylic acids is 2.